The Morgan fingerprint density at radius 1 is 0.474 bits per heavy atom. The summed E-state index contributed by atoms with van der Waals surface area (Å²) in [5.74, 6) is -4.03. The third-order valence-corrected chi connectivity index (χ3v) is 6.92. The summed E-state index contributed by atoms with van der Waals surface area (Å²) in [6.07, 6.45) is 0. The lowest BCUT2D eigenvalue weighted by Crippen LogP contribution is -2.55. The first-order chi connectivity index (χ1) is 25.8. The van der Waals surface area contributed by atoms with Gasteiger partial charge in [-0.3, -0.25) is 43.5 Å². The maximum atomic E-state index is 14.2. The van der Waals surface area contributed by atoms with E-state index in [1.54, 1.807) is 133 Å². The molecule has 0 bridgehead atoms. The molecule has 0 heterocycles. The van der Waals surface area contributed by atoms with Crippen LogP contribution in [0.25, 0.3) is 0 Å². The highest BCUT2D eigenvalue weighted by Crippen LogP contribution is 2.16. The smallest absolute Gasteiger partial charge is 0.325 e. The fraction of sp³-hybridized carbons (Fsp3) is 0.714. The molecule has 0 aliphatic heterocycles. The fourth-order valence-corrected chi connectivity index (χ4v) is 5.16. The number of carbonyl (C=O) groups excluding carboxylic acids is 6. The van der Waals surface area contributed by atoms with Crippen LogP contribution in [0.2, 0.25) is 0 Å². The summed E-state index contributed by atoms with van der Waals surface area (Å²) in [5.41, 5.74) is -3.51. The molecule has 324 valence electrons. The summed E-state index contributed by atoms with van der Waals surface area (Å²) in [6, 6.07) is 7.63. The Bertz CT molecular complexity index is 1420. The molecule has 0 aliphatic rings. The van der Waals surface area contributed by atoms with Crippen LogP contribution in [0.3, 0.4) is 0 Å². The predicted octanol–water partition coefficient (Wildman–Crippen LogP) is 4.71. The van der Waals surface area contributed by atoms with Crippen molar-refractivity contribution in [2.75, 3.05) is 52.4 Å². The number of esters is 6. The number of hydrogen-bond acceptors (Lipinski definition) is 15. The second-order valence-corrected chi connectivity index (χ2v) is 18.9. The molecule has 0 saturated heterocycles. The van der Waals surface area contributed by atoms with Gasteiger partial charge < -0.3 is 28.4 Å². The molecule has 0 saturated carbocycles. The van der Waals surface area contributed by atoms with Crippen LogP contribution in [0.1, 0.15) is 109 Å². The second kappa shape index (κ2) is 21.6. The molecular formula is C42H69N3O12. The SMILES string of the molecule is CC(C)(C)OC(=O)CN(CCN(CC(=O)OC(C)(C)C)C[C@H](C(=O)OCc1ccccc1)N(CC(=O)OC(C)(C)C)CC(=O)OC(C)(C)C)CC(=O)OC(C)(C)C. The van der Waals surface area contributed by atoms with Crippen molar-refractivity contribution in [3.8, 4) is 0 Å². The molecule has 0 amide bonds. The minimum absolute atomic E-state index is 0.0000188. The van der Waals surface area contributed by atoms with Crippen molar-refractivity contribution in [2.45, 2.75) is 145 Å². The molecule has 0 radical (unpaired) electrons. The first-order valence-corrected chi connectivity index (χ1v) is 19.3. The van der Waals surface area contributed by atoms with E-state index in [0.717, 1.165) is 0 Å². The first-order valence-electron chi connectivity index (χ1n) is 19.3. The Morgan fingerprint density at radius 2 is 0.789 bits per heavy atom. The van der Waals surface area contributed by atoms with Crippen molar-refractivity contribution in [1.29, 1.82) is 0 Å². The summed E-state index contributed by atoms with van der Waals surface area (Å²) in [6.45, 7) is 23.3. The average molecular weight is 808 g/mol. The number of nitrogens with zero attached hydrogens (tertiary/aromatic N) is 3. The molecule has 0 unspecified atom stereocenters. The number of hydrogen-bond donors (Lipinski definition) is 0. The highest BCUT2D eigenvalue weighted by molar-refractivity contribution is 5.81. The highest BCUT2D eigenvalue weighted by Gasteiger charge is 2.36. The van der Waals surface area contributed by atoms with E-state index in [9.17, 15) is 28.8 Å². The van der Waals surface area contributed by atoms with Crippen LogP contribution >= 0.6 is 0 Å². The monoisotopic (exact) mass is 807 g/mol. The van der Waals surface area contributed by atoms with Gasteiger partial charge in [-0.25, -0.2) is 0 Å². The van der Waals surface area contributed by atoms with Gasteiger partial charge >= 0.3 is 35.8 Å². The summed E-state index contributed by atoms with van der Waals surface area (Å²) >= 11 is 0. The second-order valence-electron chi connectivity index (χ2n) is 18.9. The molecule has 1 aromatic carbocycles. The maximum absolute atomic E-state index is 14.2. The van der Waals surface area contributed by atoms with Crippen molar-refractivity contribution in [2.24, 2.45) is 0 Å². The van der Waals surface area contributed by atoms with Crippen LogP contribution < -0.4 is 0 Å². The number of ether oxygens (including phenoxy) is 6. The van der Waals surface area contributed by atoms with Gasteiger partial charge in [0.1, 0.15) is 40.7 Å². The van der Waals surface area contributed by atoms with Crippen molar-refractivity contribution < 1.29 is 57.2 Å². The molecule has 15 nitrogen and oxygen atoms in total. The normalized spacial score (nSPS) is 13.2. The summed E-state index contributed by atoms with van der Waals surface area (Å²) in [5, 5.41) is 0. The van der Waals surface area contributed by atoms with Crippen LogP contribution in [0.5, 0.6) is 0 Å². The zero-order valence-electron chi connectivity index (χ0n) is 37.1. The van der Waals surface area contributed by atoms with Gasteiger partial charge in [0.15, 0.2) is 0 Å². The summed E-state index contributed by atoms with van der Waals surface area (Å²) in [7, 11) is 0. The Balaban J connectivity index is 3.74. The zero-order chi connectivity index (χ0) is 44.0. The van der Waals surface area contributed by atoms with Gasteiger partial charge in [-0.2, -0.15) is 0 Å². The van der Waals surface area contributed by atoms with E-state index in [4.69, 9.17) is 28.4 Å². The highest BCUT2D eigenvalue weighted by atomic mass is 16.6. The lowest BCUT2D eigenvalue weighted by atomic mass is 10.1. The number of rotatable bonds is 19. The van der Waals surface area contributed by atoms with Crippen LogP contribution in [0, 0.1) is 0 Å². The van der Waals surface area contributed by atoms with Crippen molar-refractivity contribution >= 4 is 35.8 Å². The maximum Gasteiger partial charge on any atom is 0.325 e. The van der Waals surface area contributed by atoms with E-state index in [-0.39, 0.29) is 45.9 Å². The van der Waals surface area contributed by atoms with E-state index in [1.165, 1.54) is 9.80 Å². The van der Waals surface area contributed by atoms with Crippen molar-refractivity contribution in [1.82, 2.24) is 14.7 Å². The van der Waals surface area contributed by atoms with E-state index >= 15 is 0 Å². The standard InChI is InChI=1S/C42H69N3O12/c1-38(2,3)53-32(46)24-43(21-22-44(25-33(47)54-39(4,5)6)26-34(48)55-40(7,8)9)23-31(37(51)52-29-30-19-17-16-18-20-30)45(27-35(49)56-41(10,11)12)28-36(50)57-42(13,14)15/h16-20,31H,21-29H2,1-15H3/t31-/m1/s1. The topological polar surface area (TPSA) is 168 Å². The van der Waals surface area contributed by atoms with Gasteiger partial charge in [-0.15, -0.1) is 0 Å². The predicted molar refractivity (Wildman–Crippen MR) is 214 cm³/mol. The molecule has 1 rings (SSSR count). The van der Waals surface area contributed by atoms with Gasteiger partial charge in [0.25, 0.3) is 0 Å². The van der Waals surface area contributed by atoms with Gasteiger partial charge in [-0.05, 0) is 109 Å². The Kier molecular flexibility index (Phi) is 19.3. The lowest BCUT2D eigenvalue weighted by Gasteiger charge is -2.35. The quantitative estimate of drug-likeness (QED) is 0.139. The molecule has 1 aromatic rings. The van der Waals surface area contributed by atoms with Gasteiger partial charge in [-0.1, -0.05) is 30.3 Å². The van der Waals surface area contributed by atoms with Gasteiger partial charge in [0.2, 0.25) is 0 Å². The molecule has 57 heavy (non-hydrogen) atoms. The van der Waals surface area contributed by atoms with Crippen LogP contribution in [0.4, 0.5) is 0 Å². The van der Waals surface area contributed by atoms with E-state index in [0.29, 0.717) is 5.56 Å². The molecule has 0 spiro atoms. The lowest BCUT2D eigenvalue weighted by molar-refractivity contribution is -0.166. The number of benzene rings is 1. The summed E-state index contributed by atoms with van der Waals surface area (Å²) < 4.78 is 33.7. The number of carbonyl (C=O) groups is 6. The Labute approximate surface area is 339 Å². The van der Waals surface area contributed by atoms with Crippen molar-refractivity contribution in [3.05, 3.63) is 35.9 Å². The fourth-order valence-electron chi connectivity index (χ4n) is 5.16. The van der Waals surface area contributed by atoms with E-state index in [1.807, 2.05) is 6.07 Å². The Hall–Kier alpha value is -4.08. The first kappa shape index (κ1) is 50.9. The van der Waals surface area contributed by atoms with Crippen LogP contribution in [-0.2, 0) is 63.8 Å². The molecule has 0 aliphatic carbocycles. The minimum Gasteiger partial charge on any atom is -0.460 e. The molecule has 0 fully saturated rings. The third-order valence-electron chi connectivity index (χ3n) is 6.92. The summed E-state index contributed by atoms with van der Waals surface area (Å²) in [4.78, 5) is 84.6. The van der Waals surface area contributed by atoms with Crippen LogP contribution in [-0.4, -0.2) is 137 Å². The van der Waals surface area contributed by atoms with E-state index in [2.05, 4.69) is 0 Å². The molecule has 1 atom stereocenters. The average Bonchev–Trinajstić information content (AvgIpc) is 2.96. The van der Waals surface area contributed by atoms with Crippen LogP contribution in [0.15, 0.2) is 30.3 Å². The molecule has 0 aromatic heterocycles. The molecule has 0 N–H and O–H groups in total. The van der Waals surface area contributed by atoms with Gasteiger partial charge in [0, 0.05) is 19.6 Å². The molecular weight excluding hydrogens is 738 g/mol. The minimum atomic E-state index is -1.33. The van der Waals surface area contributed by atoms with Gasteiger partial charge in [0.05, 0.1) is 32.7 Å². The molecule has 15 heteroatoms. The van der Waals surface area contributed by atoms with Crippen molar-refractivity contribution in [3.63, 3.8) is 0 Å². The zero-order valence-corrected chi connectivity index (χ0v) is 37.1. The third kappa shape index (κ3) is 25.7. The van der Waals surface area contributed by atoms with E-state index < -0.39 is 83.0 Å². The Morgan fingerprint density at radius 3 is 1.14 bits per heavy atom. The largest absolute Gasteiger partial charge is 0.460 e.